The van der Waals surface area contributed by atoms with Crippen molar-refractivity contribution in [3.63, 3.8) is 0 Å². The van der Waals surface area contributed by atoms with E-state index in [1.165, 1.54) is 17.0 Å². The Morgan fingerprint density at radius 1 is 1.21 bits per heavy atom. The number of nitrogens with zero attached hydrogens (tertiary/aromatic N) is 1. The number of amides is 1. The zero-order valence-electron chi connectivity index (χ0n) is 13.0. The van der Waals surface area contributed by atoms with Gasteiger partial charge < -0.3 is 15.1 Å². The summed E-state index contributed by atoms with van der Waals surface area (Å²) in [5.74, 6) is -1.72. The Morgan fingerprint density at radius 3 is 2.67 bits per heavy atom. The smallest absolute Gasteiger partial charge is 0.254 e. The summed E-state index contributed by atoms with van der Waals surface area (Å²) in [7, 11) is 0. The molecule has 2 aromatic carbocycles. The Balaban J connectivity index is 1.98. The van der Waals surface area contributed by atoms with Gasteiger partial charge in [-0.15, -0.1) is 0 Å². The van der Waals surface area contributed by atoms with Gasteiger partial charge in [0.05, 0.1) is 12.1 Å². The Bertz CT molecular complexity index is 774. The molecule has 2 N–H and O–H groups in total. The van der Waals surface area contributed by atoms with Gasteiger partial charge in [-0.1, -0.05) is 0 Å². The van der Waals surface area contributed by atoms with Crippen LogP contribution in [0.25, 0.3) is 0 Å². The number of hydrogen-bond acceptors (Lipinski definition) is 3. The third-order valence-electron chi connectivity index (χ3n) is 4.17. The van der Waals surface area contributed by atoms with Gasteiger partial charge in [0, 0.05) is 17.7 Å². The molecule has 0 aromatic heterocycles. The maximum Gasteiger partial charge on any atom is 0.254 e. The highest BCUT2D eigenvalue weighted by Gasteiger charge is 2.37. The molecular weight excluding hydrogens is 316 g/mol. The van der Waals surface area contributed by atoms with E-state index in [2.05, 4.69) is 0 Å². The number of phenols is 1. The number of aliphatic hydroxyl groups is 1. The first-order valence-electron chi connectivity index (χ1n) is 7.60. The lowest BCUT2D eigenvalue weighted by Gasteiger charge is -2.25. The third-order valence-corrected chi connectivity index (χ3v) is 4.17. The highest BCUT2D eigenvalue weighted by Crippen LogP contribution is 2.35. The number of halogens is 2. The van der Waals surface area contributed by atoms with Crippen molar-refractivity contribution in [1.82, 2.24) is 4.90 Å². The predicted molar refractivity (Wildman–Crippen MR) is 83.6 cm³/mol. The molecule has 1 aliphatic rings. The van der Waals surface area contributed by atoms with Gasteiger partial charge in [-0.3, -0.25) is 4.79 Å². The molecular formula is C18H17F2NO3. The maximum atomic E-state index is 14.1. The van der Waals surface area contributed by atoms with Crippen LogP contribution >= 0.6 is 0 Å². The second kappa shape index (κ2) is 6.20. The number of rotatable bonds is 2. The van der Waals surface area contributed by atoms with Gasteiger partial charge in [0.2, 0.25) is 0 Å². The fourth-order valence-electron chi connectivity index (χ4n) is 3.16. The minimum atomic E-state index is -0.819. The van der Waals surface area contributed by atoms with E-state index < -0.39 is 29.7 Å². The van der Waals surface area contributed by atoms with Crippen molar-refractivity contribution in [2.45, 2.75) is 25.5 Å². The first kappa shape index (κ1) is 16.4. The van der Waals surface area contributed by atoms with Crippen molar-refractivity contribution in [1.29, 1.82) is 0 Å². The lowest BCUT2D eigenvalue weighted by Crippen LogP contribution is -2.32. The van der Waals surface area contributed by atoms with E-state index in [4.69, 9.17) is 0 Å². The Labute approximate surface area is 138 Å². The molecule has 24 heavy (non-hydrogen) atoms. The van der Waals surface area contributed by atoms with Crippen LogP contribution in [0.2, 0.25) is 0 Å². The first-order chi connectivity index (χ1) is 11.3. The van der Waals surface area contributed by atoms with Gasteiger partial charge in [0.1, 0.15) is 17.4 Å². The van der Waals surface area contributed by atoms with Gasteiger partial charge in [-0.05, 0) is 55.3 Å². The van der Waals surface area contributed by atoms with Crippen LogP contribution in [0.15, 0.2) is 36.4 Å². The molecule has 2 atom stereocenters. The minimum Gasteiger partial charge on any atom is -0.508 e. The number of phenolic OH excluding ortho intramolecular Hbond substituents is 1. The van der Waals surface area contributed by atoms with Crippen LogP contribution in [0.4, 0.5) is 8.78 Å². The minimum absolute atomic E-state index is 0.0220. The molecule has 1 amide bonds. The van der Waals surface area contributed by atoms with Crippen molar-refractivity contribution in [3.05, 3.63) is 64.7 Å². The van der Waals surface area contributed by atoms with Gasteiger partial charge in [0.25, 0.3) is 5.91 Å². The van der Waals surface area contributed by atoms with Crippen molar-refractivity contribution in [3.8, 4) is 5.75 Å². The van der Waals surface area contributed by atoms with E-state index in [1.807, 2.05) is 0 Å². The van der Waals surface area contributed by atoms with E-state index in [1.54, 1.807) is 13.0 Å². The van der Waals surface area contributed by atoms with E-state index >= 15 is 0 Å². The molecule has 1 heterocycles. The standard InChI is InChI=1S/C18H17F2NO3/c1-10-4-11(6-13(22)5-10)18(24)21-9-14(23)8-17(21)15-7-12(19)2-3-16(15)20/h2-7,14,17,22-23H,8-9H2,1H3/t14-,17-/m0/s1. The summed E-state index contributed by atoms with van der Waals surface area (Å²) in [4.78, 5) is 14.1. The lowest BCUT2D eigenvalue weighted by molar-refractivity contribution is 0.0713. The number of aliphatic hydroxyl groups excluding tert-OH is 1. The van der Waals surface area contributed by atoms with Crippen LogP contribution in [0.1, 0.15) is 33.9 Å². The summed E-state index contributed by atoms with van der Waals surface area (Å²) < 4.78 is 27.6. The van der Waals surface area contributed by atoms with E-state index in [9.17, 15) is 23.8 Å². The van der Waals surface area contributed by atoms with Crippen molar-refractivity contribution >= 4 is 5.91 Å². The van der Waals surface area contributed by atoms with Gasteiger partial charge in [-0.25, -0.2) is 8.78 Å². The molecule has 0 aliphatic carbocycles. The van der Waals surface area contributed by atoms with Crippen LogP contribution in [0, 0.1) is 18.6 Å². The molecule has 1 aliphatic heterocycles. The summed E-state index contributed by atoms with van der Waals surface area (Å²) in [6.45, 7) is 1.76. The van der Waals surface area contributed by atoms with E-state index in [-0.39, 0.29) is 29.8 Å². The molecule has 1 saturated heterocycles. The van der Waals surface area contributed by atoms with E-state index in [0.29, 0.717) is 5.56 Å². The molecule has 2 aromatic rings. The quantitative estimate of drug-likeness (QED) is 0.888. The highest BCUT2D eigenvalue weighted by molar-refractivity contribution is 5.95. The van der Waals surface area contributed by atoms with Crippen LogP contribution in [-0.4, -0.2) is 33.7 Å². The van der Waals surface area contributed by atoms with Crippen molar-refractivity contribution in [2.24, 2.45) is 0 Å². The van der Waals surface area contributed by atoms with Crippen LogP contribution in [-0.2, 0) is 0 Å². The van der Waals surface area contributed by atoms with Crippen LogP contribution < -0.4 is 0 Å². The molecule has 4 nitrogen and oxygen atoms in total. The SMILES string of the molecule is Cc1cc(O)cc(C(=O)N2C[C@@H](O)C[C@H]2c2cc(F)ccc2F)c1. The summed E-state index contributed by atoms with van der Waals surface area (Å²) in [5, 5.41) is 19.6. The fourth-order valence-corrected chi connectivity index (χ4v) is 3.16. The zero-order chi connectivity index (χ0) is 17.4. The zero-order valence-corrected chi connectivity index (χ0v) is 13.0. The summed E-state index contributed by atoms with van der Waals surface area (Å²) in [6.07, 6.45) is -0.691. The highest BCUT2D eigenvalue weighted by atomic mass is 19.1. The van der Waals surface area contributed by atoms with Gasteiger partial charge >= 0.3 is 0 Å². The lowest BCUT2D eigenvalue weighted by atomic mass is 10.0. The summed E-state index contributed by atoms with van der Waals surface area (Å²) in [6, 6.07) is 6.74. The van der Waals surface area contributed by atoms with E-state index in [0.717, 1.165) is 18.2 Å². The summed E-state index contributed by atoms with van der Waals surface area (Å²) in [5.41, 5.74) is 0.978. The Kier molecular flexibility index (Phi) is 4.24. The molecule has 0 unspecified atom stereocenters. The number of carbonyl (C=O) groups is 1. The summed E-state index contributed by atoms with van der Waals surface area (Å²) >= 11 is 0. The maximum absolute atomic E-state index is 14.1. The molecule has 0 bridgehead atoms. The van der Waals surface area contributed by atoms with Gasteiger partial charge in [0.15, 0.2) is 0 Å². The molecule has 3 rings (SSSR count). The third kappa shape index (κ3) is 3.10. The molecule has 6 heteroatoms. The molecule has 0 radical (unpaired) electrons. The van der Waals surface area contributed by atoms with Crippen molar-refractivity contribution < 1.29 is 23.8 Å². The number of aromatic hydroxyl groups is 1. The number of benzene rings is 2. The second-order valence-electron chi connectivity index (χ2n) is 6.09. The fraction of sp³-hybridized carbons (Fsp3) is 0.278. The number of aryl methyl sites for hydroxylation is 1. The number of β-amino-alcohol motifs (C(OH)–C–C–N with tert-alkyl or cyclic N) is 1. The number of carbonyl (C=O) groups excluding carboxylic acids is 1. The first-order valence-corrected chi connectivity index (χ1v) is 7.60. The Hall–Kier alpha value is -2.47. The predicted octanol–water partition coefficient (Wildman–Crippen LogP) is 2.93. The Morgan fingerprint density at radius 2 is 1.96 bits per heavy atom. The number of likely N-dealkylation sites (tertiary alicyclic amines) is 1. The normalized spacial score (nSPS) is 20.4. The largest absolute Gasteiger partial charge is 0.508 e. The topological polar surface area (TPSA) is 60.8 Å². The van der Waals surface area contributed by atoms with Crippen molar-refractivity contribution in [2.75, 3.05) is 6.54 Å². The second-order valence-corrected chi connectivity index (χ2v) is 6.09. The molecule has 1 fully saturated rings. The van der Waals surface area contributed by atoms with Crippen LogP contribution in [0.5, 0.6) is 5.75 Å². The van der Waals surface area contributed by atoms with Crippen LogP contribution in [0.3, 0.4) is 0 Å². The molecule has 126 valence electrons. The average Bonchev–Trinajstić information content (AvgIpc) is 2.89. The monoisotopic (exact) mass is 333 g/mol. The number of hydrogen-bond donors (Lipinski definition) is 2. The molecule has 0 saturated carbocycles. The average molecular weight is 333 g/mol. The van der Waals surface area contributed by atoms with Gasteiger partial charge in [-0.2, -0.15) is 0 Å². The molecule has 0 spiro atoms.